The molecule has 2 unspecified atom stereocenters. The quantitative estimate of drug-likeness (QED) is 0.873. The van der Waals surface area contributed by atoms with Crippen LogP contribution < -0.4 is 5.32 Å². The minimum Gasteiger partial charge on any atom is -0.303 e. The van der Waals surface area contributed by atoms with Crippen LogP contribution in [0.5, 0.6) is 0 Å². The summed E-state index contributed by atoms with van der Waals surface area (Å²) in [5, 5.41) is 13.0. The SMILES string of the molecule is CNC(C#N)(CCN1CCC(C(C)C)C1)c1ccccc1. The van der Waals surface area contributed by atoms with E-state index < -0.39 is 5.54 Å². The molecule has 1 heterocycles. The van der Waals surface area contributed by atoms with Gasteiger partial charge in [0.05, 0.1) is 6.07 Å². The van der Waals surface area contributed by atoms with Crippen molar-refractivity contribution < 1.29 is 0 Å². The molecule has 0 aliphatic carbocycles. The summed E-state index contributed by atoms with van der Waals surface area (Å²) < 4.78 is 0. The number of nitriles is 1. The largest absolute Gasteiger partial charge is 0.303 e. The first-order chi connectivity index (χ1) is 10.1. The molecule has 1 aliphatic rings. The van der Waals surface area contributed by atoms with Crippen molar-refractivity contribution in [3.8, 4) is 6.07 Å². The lowest BCUT2D eigenvalue weighted by Crippen LogP contribution is -2.41. The van der Waals surface area contributed by atoms with Crippen LogP contribution in [0.3, 0.4) is 0 Å². The summed E-state index contributed by atoms with van der Waals surface area (Å²) in [6.07, 6.45) is 2.12. The summed E-state index contributed by atoms with van der Waals surface area (Å²) in [5.41, 5.74) is 0.492. The number of hydrogen-bond donors (Lipinski definition) is 1. The fraction of sp³-hybridized carbons (Fsp3) is 0.611. The number of nitrogens with zero attached hydrogens (tertiary/aromatic N) is 2. The van der Waals surface area contributed by atoms with Crippen molar-refractivity contribution >= 4 is 0 Å². The molecule has 3 nitrogen and oxygen atoms in total. The lowest BCUT2D eigenvalue weighted by Gasteiger charge is -2.29. The van der Waals surface area contributed by atoms with E-state index in [0.29, 0.717) is 0 Å². The van der Waals surface area contributed by atoms with Crippen molar-refractivity contribution in [1.82, 2.24) is 10.2 Å². The topological polar surface area (TPSA) is 39.1 Å². The smallest absolute Gasteiger partial charge is 0.133 e. The van der Waals surface area contributed by atoms with Crippen molar-refractivity contribution in [3.63, 3.8) is 0 Å². The Morgan fingerprint density at radius 2 is 2.10 bits per heavy atom. The first-order valence-electron chi connectivity index (χ1n) is 7.99. The van der Waals surface area contributed by atoms with Gasteiger partial charge in [0.1, 0.15) is 5.54 Å². The van der Waals surface area contributed by atoms with Crippen LogP contribution in [0.2, 0.25) is 0 Å². The van der Waals surface area contributed by atoms with Crippen molar-refractivity contribution in [2.24, 2.45) is 11.8 Å². The summed E-state index contributed by atoms with van der Waals surface area (Å²) in [5.74, 6) is 1.57. The predicted molar refractivity (Wildman–Crippen MR) is 86.8 cm³/mol. The molecule has 1 aromatic rings. The van der Waals surface area contributed by atoms with Gasteiger partial charge in [0, 0.05) is 13.1 Å². The number of hydrogen-bond acceptors (Lipinski definition) is 3. The van der Waals surface area contributed by atoms with Gasteiger partial charge in [-0.2, -0.15) is 5.26 Å². The Morgan fingerprint density at radius 1 is 1.38 bits per heavy atom. The Morgan fingerprint density at radius 3 is 2.62 bits per heavy atom. The third-order valence-corrected chi connectivity index (χ3v) is 4.94. The molecule has 0 bridgehead atoms. The van der Waals surface area contributed by atoms with Gasteiger partial charge in [-0.25, -0.2) is 0 Å². The van der Waals surface area contributed by atoms with Crippen LogP contribution in [0.25, 0.3) is 0 Å². The van der Waals surface area contributed by atoms with Gasteiger partial charge in [-0.1, -0.05) is 44.2 Å². The normalized spacial score (nSPS) is 22.1. The second-order valence-electron chi connectivity index (χ2n) is 6.48. The molecule has 1 aromatic carbocycles. The fourth-order valence-corrected chi connectivity index (χ4v) is 3.25. The van der Waals surface area contributed by atoms with E-state index in [1.165, 1.54) is 19.5 Å². The van der Waals surface area contributed by atoms with Crippen LogP contribution in [0.4, 0.5) is 0 Å². The van der Waals surface area contributed by atoms with Crippen molar-refractivity contribution in [1.29, 1.82) is 5.26 Å². The standard InChI is InChI=1S/C18H27N3/c1-15(2)16-9-11-21(13-16)12-10-18(14-19,20-3)17-7-5-4-6-8-17/h4-8,15-16,20H,9-13H2,1-3H3. The molecule has 1 fully saturated rings. The Labute approximate surface area is 129 Å². The Hall–Kier alpha value is -1.37. The molecule has 0 amide bonds. The maximum atomic E-state index is 9.71. The van der Waals surface area contributed by atoms with E-state index in [0.717, 1.165) is 30.4 Å². The Kier molecular flexibility index (Phi) is 5.39. The lowest BCUT2D eigenvalue weighted by atomic mass is 9.88. The summed E-state index contributed by atoms with van der Waals surface area (Å²) in [7, 11) is 1.89. The van der Waals surface area contributed by atoms with E-state index in [2.05, 4.69) is 30.1 Å². The third kappa shape index (κ3) is 3.64. The molecular weight excluding hydrogens is 258 g/mol. The van der Waals surface area contributed by atoms with Gasteiger partial charge in [0.25, 0.3) is 0 Å². The van der Waals surface area contributed by atoms with Crippen molar-refractivity contribution in [2.75, 3.05) is 26.7 Å². The van der Waals surface area contributed by atoms with E-state index in [-0.39, 0.29) is 0 Å². The van der Waals surface area contributed by atoms with Crippen LogP contribution in [-0.2, 0) is 5.54 Å². The molecule has 21 heavy (non-hydrogen) atoms. The summed E-state index contributed by atoms with van der Waals surface area (Å²) in [6, 6.07) is 12.6. The van der Waals surface area contributed by atoms with Gasteiger partial charge in [0.2, 0.25) is 0 Å². The number of benzene rings is 1. The number of likely N-dealkylation sites (tertiary alicyclic amines) is 1. The Bertz CT molecular complexity index is 477. The summed E-state index contributed by atoms with van der Waals surface area (Å²) in [6.45, 7) is 7.95. The average molecular weight is 285 g/mol. The molecule has 1 N–H and O–H groups in total. The number of rotatable bonds is 6. The van der Waals surface area contributed by atoms with Crippen LogP contribution >= 0.6 is 0 Å². The van der Waals surface area contributed by atoms with Crippen molar-refractivity contribution in [2.45, 2.75) is 32.2 Å². The first-order valence-corrected chi connectivity index (χ1v) is 7.99. The molecule has 0 spiro atoms. The molecular formula is C18H27N3. The zero-order valence-electron chi connectivity index (χ0n) is 13.5. The highest BCUT2D eigenvalue weighted by atomic mass is 15.1. The highest BCUT2D eigenvalue weighted by Gasteiger charge is 2.32. The molecule has 2 rings (SSSR count). The van der Waals surface area contributed by atoms with Crippen LogP contribution in [0, 0.1) is 23.2 Å². The fourth-order valence-electron chi connectivity index (χ4n) is 3.25. The molecule has 0 aromatic heterocycles. The van der Waals surface area contributed by atoms with Crippen LogP contribution in [0.15, 0.2) is 30.3 Å². The maximum absolute atomic E-state index is 9.71. The zero-order chi connectivity index (χ0) is 15.3. The third-order valence-electron chi connectivity index (χ3n) is 4.94. The summed E-state index contributed by atoms with van der Waals surface area (Å²) in [4.78, 5) is 2.51. The van der Waals surface area contributed by atoms with Gasteiger partial charge in [-0.3, -0.25) is 5.32 Å². The molecule has 1 aliphatic heterocycles. The van der Waals surface area contributed by atoms with E-state index in [9.17, 15) is 5.26 Å². The molecule has 0 saturated carbocycles. The minimum atomic E-state index is -0.572. The lowest BCUT2D eigenvalue weighted by molar-refractivity contribution is 0.269. The molecule has 0 radical (unpaired) electrons. The summed E-state index contributed by atoms with van der Waals surface area (Å²) >= 11 is 0. The second-order valence-corrected chi connectivity index (χ2v) is 6.48. The molecule has 2 atom stereocenters. The highest BCUT2D eigenvalue weighted by molar-refractivity contribution is 5.31. The zero-order valence-corrected chi connectivity index (χ0v) is 13.5. The average Bonchev–Trinajstić information content (AvgIpc) is 2.99. The second kappa shape index (κ2) is 7.06. The minimum absolute atomic E-state index is 0.572. The van der Waals surface area contributed by atoms with Gasteiger partial charge in [0.15, 0.2) is 0 Å². The van der Waals surface area contributed by atoms with Crippen LogP contribution in [0.1, 0.15) is 32.3 Å². The van der Waals surface area contributed by atoms with E-state index in [1.807, 2.05) is 37.4 Å². The van der Waals surface area contributed by atoms with Crippen LogP contribution in [-0.4, -0.2) is 31.6 Å². The molecule has 114 valence electrons. The van der Waals surface area contributed by atoms with E-state index in [1.54, 1.807) is 0 Å². The first kappa shape index (κ1) is 16.0. The van der Waals surface area contributed by atoms with E-state index in [4.69, 9.17) is 0 Å². The predicted octanol–water partition coefficient (Wildman–Crippen LogP) is 2.99. The van der Waals surface area contributed by atoms with E-state index >= 15 is 0 Å². The van der Waals surface area contributed by atoms with Crippen molar-refractivity contribution in [3.05, 3.63) is 35.9 Å². The highest BCUT2D eigenvalue weighted by Crippen LogP contribution is 2.28. The van der Waals surface area contributed by atoms with Gasteiger partial charge < -0.3 is 4.90 Å². The van der Waals surface area contributed by atoms with Gasteiger partial charge >= 0.3 is 0 Å². The van der Waals surface area contributed by atoms with Gasteiger partial charge in [-0.15, -0.1) is 0 Å². The number of nitrogens with one attached hydrogen (secondary N) is 1. The Balaban J connectivity index is 2.01. The molecule has 1 saturated heterocycles. The monoisotopic (exact) mass is 285 g/mol. The maximum Gasteiger partial charge on any atom is 0.133 e. The van der Waals surface area contributed by atoms with Gasteiger partial charge in [-0.05, 0) is 43.8 Å². The molecule has 3 heteroatoms.